The highest BCUT2D eigenvalue weighted by Gasteiger charge is 2.10. The molecule has 108 valence electrons. The van der Waals surface area contributed by atoms with Crippen molar-refractivity contribution in [1.82, 2.24) is 20.1 Å². The Morgan fingerprint density at radius 1 is 1.10 bits per heavy atom. The van der Waals surface area contributed by atoms with Crippen LogP contribution in [0.1, 0.15) is 43.4 Å². The second-order valence-corrected chi connectivity index (χ2v) is 5.00. The van der Waals surface area contributed by atoms with Gasteiger partial charge in [-0.3, -0.25) is 0 Å². The molecule has 2 rings (SSSR count). The van der Waals surface area contributed by atoms with Gasteiger partial charge in [-0.25, -0.2) is 9.67 Å². The number of aromatic nitrogens is 3. The molecule has 0 atom stereocenters. The SMILES string of the molecule is CCNCc1cc(C)nc(-n2nc(CC)cc2CC)c1. The lowest BCUT2D eigenvalue weighted by atomic mass is 10.2. The maximum absolute atomic E-state index is 4.67. The molecule has 0 amide bonds. The Balaban J connectivity index is 2.40. The fourth-order valence-corrected chi connectivity index (χ4v) is 2.30. The summed E-state index contributed by atoms with van der Waals surface area (Å²) in [4.78, 5) is 4.64. The zero-order chi connectivity index (χ0) is 14.5. The van der Waals surface area contributed by atoms with Crippen LogP contribution in [0.25, 0.3) is 5.82 Å². The van der Waals surface area contributed by atoms with E-state index in [0.717, 1.165) is 43.1 Å². The summed E-state index contributed by atoms with van der Waals surface area (Å²) in [5, 5.41) is 8.02. The lowest BCUT2D eigenvalue weighted by Crippen LogP contribution is -2.13. The van der Waals surface area contributed by atoms with Crippen LogP contribution < -0.4 is 5.32 Å². The topological polar surface area (TPSA) is 42.7 Å². The molecule has 4 nitrogen and oxygen atoms in total. The fourth-order valence-electron chi connectivity index (χ4n) is 2.30. The molecule has 2 heterocycles. The molecule has 0 bridgehead atoms. The molecule has 0 saturated heterocycles. The molecule has 2 aromatic rings. The van der Waals surface area contributed by atoms with Gasteiger partial charge in [0.25, 0.3) is 0 Å². The summed E-state index contributed by atoms with van der Waals surface area (Å²) in [5.41, 5.74) is 4.63. The highest BCUT2D eigenvalue weighted by Crippen LogP contribution is 2.15. The number of pyridine rings is 1. The molecule has 0 aromatic carbocycles. The van der Waals surface area contributed by atoms with Crippen LogP contribution in [0.15, 0.2) is 18.2 Å². The molecule has 0 radical (unpaired) electrons. The van der Waals surface area contributed by atoms with Crippen LogP contribution in [0.3, 0.4) is 0 Å². The zero-order valence-corrected chi connectivity index (χ0v) is 12.9. The molecule has 4 heteroatoms. The Hall–Kier alpha value is -1.68. The first-order chi connectivity index (χ1) is 9.67. The van der Waals surface area contributed by atoms with Gasteiger partial charge in [-0.15, -0.1) is 0 Å². The molecule has 0 aliphatic heterocycles. The number of aryl methyl sites for hydroxylation is 3. The van der Waals surface area contributed by atoms with Gasteiger partial charge >= 0.3 is 0 Å². The van der Waals surface area contributed by atoms with Crippen molar-refractivity contribution in [3.63, 3.8) is 0 Å². The summed E-state index contributed by atoms with van der Waals surface area (Å²) in [6, 6.07) is 6.43. The summed E-state index contributed by atoms with van der Waals surface area (Å²) in [6.45, 7) is 10.3. The molecule has 0 saturated carbocycles. The van der Waals surface area contributed by atoms with E-state index in [-0.39, 0.29) is 0 Å². The third-order valence-corrected chi connectivity index (χ3v) is 3.35. The summed E-state index contributed by atoms with van der Waals surface area (Å²) >= 11 is 0. The van der Waals surface area contributed by atoms with Crippen LogP contribution in [0.2, 0.25) is 0 Å². The second-order valence-electron chi connectivity index (χ2n) is 5.00. The first kappa shape index (κ1) is 14.7. The van der Waals surface area contributed by atoms with Crippen LogP contribution in [0.4, 0.5) is 0 Å². The molecule has 20 heavy (non-hydrogen) atoms. The van der Waals surface area contributed by atoms with E-state index in [1.165, 1.54) is 11.3 Å². The Bertz CT molecular complexity index is 572. The normalized spacial score (nSPS) is 11.0. The number of rotatable bonds is 6. The van der Waals surface area contributed by atoms with E-state index in [0.29, 0.717) is 0 Å². The van der Waals surface area contributed by atoms with Crippen molar-refractivity contribution in [3.05, 3.63) is 40.8 Å². The Morgan fingerprint density at radius 2 is 1.90 bits per heavy atom. The lowest BCUT2D eigenvalue weighted by Gasteiger charge is -2.09. The summed E-state index contributed by atoms with van der Waals surface area (Å²) < 4.78 is 1.99. The summed E-state index contributed by atoms with van der Waals surface area (Å²) in [6.07, 6.45) is 1.92. The van der Waals surface area contributed by atoms with Gasteiger partial charge in [0.15, 0.2) is 5.82 Å². The largest absolute Gasteiger partial charge is 0.313 e. The van der Waals surface area contributed by atoms with Crippen molar-refractivity contribution in [2.45, 2.75) is 47.1 Å². The number of hydrogen-bond donors (Lipinski definition) is 1. The number of nitrogens with one attached hydrogen (secondary N) is 1. The first-order valence-electron chi connectivity index (χ1n) is 7.44. The average molecular weight is 272 g/mol. The first-order valence-corrected chi connectivity index (χ1v) is 7.44. The van der Waals surface area contributed by atoms with Crippen LogP contribution in [0, 0.1) is 6.92 Å². The molecular weight excluding hydrogens is 248 g/mol. The van der Waals surface area contributed by atoms with Crippen LogP contribution in [-0.2, 0) is 19.4 Å². The Kier molecular flexibility index (Phi) is 4.90. The van der Waals surface area contributed by atoms with E-state index in [1.54, 1.807) is 0 Å². The quantitative estimate of drug-likeness (QED) is 0.879. The molecule has 2 aromatic heterocycles. The fraction of sp³-hybridized carbons (Fsp3) is 0.500. The van der Waals surface area contributed by atoms with Crippen LogP contribution in [0.5, 0.6) is 0 Å². The Labute approximate surface area is 121 Å². The van der Waals surface area contributed by atoms with Gasteiger partial charge in [-0.05, 0) is 50.1 Å². The van der Waals surface area contributed by atoms with E-state index in [1.807, 2.05) is 11.6 Å². The van der Waals surface area contributed by atoms with Crippen molar-refractivity contribution in [1.29, 1.82) is 0 Å². The van der Waals surface area contributed by atoms with E-state index in [4.69, 9.17) is 0 Å². The molecule has 0 fully saturated rings. The maximum Gasteiger partial charge on any atom is 0.154 e. The van der Waals surface area contributed by atoms with Gasteiger partial charge in [0, 0.05) is 17.9 Å². The predicted octanol–water partition coefficient (Wildman–Crippen LogP) is 2.81. The molecule has 0 unspecified atom stereocenters. The summed E-state index contributed by atoms with van der Waals surface area (Å²) in [7, 11) is 0. The smallest absolute Gasteiger partial charge is 0.154 e. The highest BCUT2D eigenvalue weighted by atomic mass is 15.3. The zero-order valence-electron chi connectivity index (χ0n) is 12.9. The highest BCUT2D eigenvalue weighted by molar-refractivity contribution is 5.32. The predicted molar refractivity (Wildman–Crippen MR) is 82.2 cm³/mol. The van der Waals surface area contributed by atoms with Gasteiger partial charge in [0.2, 0.25) is 0 Å². The molecular formula is C16H24N4. The van der Waals surface area contributed by atoms with Crippen molar-refractivity contribution >= 4 is 0 Å². The van der Waals surface area contributed by atoms with Crippen molar-refractivity contribution in [3.8, 4) is 5.82 Å². The van der Waals surface area contributed by atoms with Gasteiger partial charge in [0.1, 0.15) is 0 Å². The van der Waals surface area contributed by atoms with E-state index in [2.05, 4.69) is 54.4 Å². The van der Waals surface area contributed by atoms with Gasteiger partial charge in [-0.1, -0.05) is 20.8 Å². The van der Waals surface area contributed by atoms with E-state index < -0.39 is 0 Å². The minimum absolute atomic E-state index is 0.871. The third kappa shape index (κ3) is 3.25. The van der Waals surface area contributed by atoms with Gasteiger partial charge in [-0.2, -0.15) is 5.10 Å². The minimum Gasteiger partial charge on any atom is -0.313 e. The Morgan fingerprint density at radius 3 is 2.55 bits per heavy atom. The van der Waals surface area contributed by atoms with Gasteiger partial charge in [0.05, 0.1) is 5.69 Å². The average Bonchev–Trinajstić information content (AvgIpc) is 2.88. The van der Waals surface area contributed by atoms with Crippen LogP contribution in [-0.4, -0.2) is 21.3 Å². The molecule has 0 aliphatic carbocycles. The number of nitrogens with zero attached hydrogens (tertiary/aromatic N) is 3. The van der Waals surface area contributed by atoms with Crippen molar-refractivity contribution in [2.24, 2.45) is 0 Å². The number of hydrogen-bond acceptors (Lipinski definition) is 3. The van der Waals surface area contributed by atoms with E-state index in [9.17, 15) is 0 Å². The van der Waals surface area contributed by atoms with Crippen molar-refractivity contribution in [2.75, 3.05) is 6.54 Å². The van der Waals surface area contributed by atoms with Crippen LogP contribution >= 0.6 is 0 Å². The van der Waals surface area contributed by atoms with Gasteiger partial charge < -0.3 is 5.32 Å². The summed E-state index contributed by atoms with van der Waals surface area (Å²) in [5.74, 6) is 0.925. The standard InChI is InChI=1S/C16H24N4/c1-5-14-10-15(6-2)20(19-14)16-9-13(11-17-7-3)8-12(4)18-16/h8-10,17H,5-7,11H2,1-4H3. The van der Waals surface area contributed by atoms with E-state index >= 15 is 0 Å². The minimum atomic E-state index is 0.871. The van der Waals surface area contributed by atoms with Crippen molar-refractivity contribution < 1.29 is 0 Å². The maximum atomic E-state index is 4.67. The monoisotopic (exact) mass is 272 g/mol. The molecule has 1 N–H and O–H groups in total. The third-order valence-electron chi connectivity index (χ3n) is 3.35. The molecule has 0 spiro atoms. The second kappa shape index (κ2) is 6.66. The lowest BCUT2D eigenvalue weighted by molar-refractivity contribution is 0.718. The molecule has 0 aliphatic rings.